The minimum Gasteiger partial charge on any atom is -0.355 e. The van der Waals surface area contributed by atoms with Crippen LogP contribution in [0.3, 0.4) is 0 Å². The average Bonchev–Trinajstić information content (AvgIpc) is 3.00. The smallest absolute Gasteiger partial charge is 0.220 e. The standard InChI is InChI=1S/C20H38N4O3S/c1-14-11-18(28-20(14)24(6)17(4)26)9-7-8-10-19(27)21-12-15(2)23(5)13-22-16(3)25/h14-15,18,20H,7-13H2,1-6H3,(H,21,27)(H,22,25). The molecule has 0 aliphatic carbocycles. The first-order valence-corrected chi connectivity index (χ1v) is 11.2. The first-order chi connectivity index (χ1) is 13.1. The lowest BCUT2D eigenvalue weighted by atomic mass is 10.0. The predicted molar refractivity (Wildman–Crippen MR) is 115 cm³/mol. The second-order valence-corrected chi connectivity index (χ2v) is 9.46. The van der Waals surface area contributed by atoms with Gasteiger partial charge in [0.2, 0.25) is 17.7 Å². The van der Waals surface area contributed by atoms with Crippen molar-refractivity contribution in [3.8, 4) is 0 Å². The van der Waals surface area contributed by atoms with Gasteiger partial charge in [0.15, 0.2) is 0 Å². The molecule has 4 atom stereocenters. The van der Waals surface area contributed by atoms with Crippen LogP contribution in [-0.2, 0) is 14.4 Å². The Morgan fingerprint density at radius 3 is 2.43 bits per heavy atom. The summed E-state index contributed by atoms with van der Waals surface area (Å²) in [7, 11) is 3.81. The van der Waals surface area contributed by atoms with E-state index in [0.29, 0.717) is 30.8 Å². The molecule has 0 aromatic heterocycles. The third-order valence-corrected chi connectivity index (χ3v) is 7.31. The van der Waals surface area contributed by atoms with Gasteiger partial charge in [0, 0.05) is 45.2 Å². The molecule has 0 bridgehead atoms. The summed E-state index contributed by atoms with van der Waals surface area (Å²) >= 11 is 1.91. The van der Waals surface area contributed by atoms with Crippen LogP contribution in [0, 0.1) is 5.92 Å². The van der Waals surface area contributed by atoms with Gasteiger partial charge in [-0.05, 0) is 39.2 Å². The van der Waals surface area contributed by atoms with E-state index in [0.717, 1.165) is 25.7 Å². The summed E-state index contributed by atoms with van der Waals surface area (Å²) in [6.07, 6.45) is 4.70. The van der Waals surface area contributed by atoms with Gasteiger partial charge in [-0.15, -0.1) is 11.8 Å². The molecule has 3 amide bonds. The minimum atomic E-state index is -0.0582. The SMILES string of the molecule is CC(=O)NCN(C)C(C)CNC(=O)CCCCC1CC(C)C(N(C)C(C)=O)S1. The zero-order chi connectivity index (χ0) is 21.3. The molecule has 1 aliphatic rings. The Kier molecular flexibility index (Phi) is 10.9. The zero-order valence-corrected chi connectivity index (χ0v) is 19.1. The van der Waals surface area contributed by atoms with E-state index in [-0.39, 0.29) is 29.1 Å². The molecule has 28 heavy (non-hydrogen) atoms. The number of carbonyl (C=O) groups is 3. The topological polar surface area (TPSA) is 81.8 Å². The molecule has 1 fully saturated rings. The number of hydrogen-bond acceptors (Lipinski definition) is 5. The minimum absolute atomic E-state index is 0.0582. The zero-order valence-electron chi connectivity index (χ0n) is 18.3. The lowest BCUT2D eigenvalue weighted by Gasteiger charge is -2.26. The first kappa shape index (κ1) is 24.8. The lowest BCUT2D eigenvalue weighted by Crippen LogP contribution is -2.44. The highest BCUT2D eigenvalue weighted by atomic mass is 32.2. The van der Waals surface area contributed by atoms with E-state index in [9.17, 15) is 14.4 Å². The van der Waals surface area contributed by atoms with E-state index in [4.69, 9.17) is 0 Å². The number of carbonyl (C=O) groups excluding carboxylic acids is 3. The Hall–Kier alpha value is -1.28. The summed E-state index contributed by atoms with van der Waals surface area (Å²) in [4.78, 5) is 38.4. The summed E-state index contributed by atoms with van der Waals surface area (Å²) in [5.41, 5.74) is 0. The molecule has 2 N–H and O–H groups in total. The van der Waals surface area contributed by atoms with Crippen LogP contribution >= 0.6 is 11.8 Å². The third-order valence-electron chi connectivity index (χ3n) is 5.44. The van der Waals surface area contributed by atoms with Gasteiger partial charge in [-0.2, -0.15) is 0 Å². The van der Waals surface area contributed by atoms with Gasteiger partial charge in [0.05, 0.1) is 12.0 Å². The van der Waals surface area contributed by atoms with Crippen molar-refractivity contribution in [3.05, 3.63) is 0 Å². The number of likely N-dealkylation sites (N-methyl/N-ethyl adjacent to an activating group) is 1. The normalized spacial score (nSPS) is 22.8. The lowest BCUT2D eigenvalue weighted by molar-refractivity contribution is -0.128. The second kappa shape index (κ2) is 12.3. The van der Waals surface area contributed by atoms with Gasteiger partial charge in [0.1, 0.15) is 0 Å². The highest BCUT2D eigenvalue weighted by molar-refractivity contribution is 8.00. The van der Waals surface area contributed by atoms with Crippen LogP contribution in [0.15, 0.2) is 0 Å². The van der Waals surface area contributed by atoms with Crippen LogP contribution in [0.4, 0.5) is 0 Å². The molecule has 1 rings (SSSR count). The van der Waals surface area contributed by atoms with Crippen LogP contribution in [-0.4, -0.2) is 71.5 Å². The highest BCUT2D eigenvalue weighted by Crippen LogP contribution is 2.41. The van der Waals surface area contributed by atoms with E-state index < -0.39 is 0 Å². The van der Waals surface area contributed by atoms with Crippen LogP contribution in [0.5, 0.6) is 0 Å². The molecule has 1 aliphatic heterocycles. The van der Waals surface area contributed by atoms with Crippen molar-refractivity contribution in [3.63, 3.8) is 0 Å². The fourth-order valence-corrected chi connectivity index (χ4v) is 5.13. The number of rotatable bonds is 11. The van der Waals surface area contributed by atoms with Gasteiger partial charge in [-0.25, -0.2) is 0 Å². The third kappa shape index (κ3) is 8.82. The van der Waals surface area contributed by atoms with Crippen LogP contribution < -0.4 is 10.6 Å². The molecule has 0 aromatic rings. The summed E-state index contributed by atoms with van der Waals surface area (Å²) < 4.78 is 0. The van der Waals surface area contributed by atoms with Crippen molar-refractivity contribution in [2.75, 3.05) is 27.3 Å². The Balaban J connectivity index is 2.17. The molecule has 0 spiro atoms. The van der Waals surface area contributed by atoms with Crippen molar-refractivity contribution < 1.29 is 14.4 Å². The average molecular weight is 415 g/mol. The van der Waals surface area contributed by atoms with E-state index in [1.54, 1.807) is 6.92 Å². The molecule has 4 unspecified atom stereocenters. The molecule has 0 radical (unpaired) electrons. The molecule has 0 saturated carbocycles. The van der Waals surface area contributed by atoms with Crippen molar-refractivity contribution >= 4 is 29.5 Å². The molecule has 7 nitrogen and oxygen atoms in total. The summed E-state index contributed by atoms with van der Waals surface area (Å²) in [6, 6.07) is 0.155. The Bertz CT molecular complexity index is 532. The maximum Gasteiger partial charge on any atom is 0.220 e. The Labute approximate surface area is 174 Å². The van der Waals surface area contributed by atoms with E-state index in [2.05, 4.69) is 17.6 Å². The Morgan fingerprint density at radius 2 is 1.82 bits per heavy atom. The van der Waals surface area contributed by atoms with Crippen molar-refractivity contribution in [1.82, 2.24) is 20.4 Å². The molecular formula is C20H38N4O3S. The molecule has 162 valence electrons. The van der Waals surface area contributed by atoms with Gasteiger partial charge in [-0.1, -0.05) is 13.3 Å². The number of nitrogens with one attached hydrogen (secondary N) is 2. The Morgan fingerprint density at radius 1 is 1.14 bits per heavy atom. The molecule has 1 saturated heterocycles. The number of nitrogens with zero attached hydrogens (tertiary/aromatic N) is 2. The number of unbranched alkanes of at least 4 members (excludes halogenated alkanes) is 1. The van der Waals surface area contributed by atoms with Crippen LogP contribution in [0.25, 0.3) is 0 Å². The monoisotopic (exact) mass is 414 g/mol. The quantitative estimate of drug-likeness (QED) is 0.399. The maximum atomic E-state index is 12.1. The van der Waals surface area contributed by atoms with E-state index >= 15 is 0 Å². The fraction of sp³-hybridized carbons (Fsp3) is 0.850. The molecule has 8 heteroatoms. The number of hydrogen-bond donors (Lipinski definition) is 2. The maximum absolute atomic E-state index is 12.1. The first-order valence-electron chi connectivity index (χ1n) is 10.2. The van der Waals surface area contributed by atoms with E-state index in [1.165, 1.54) is 6.92 Å². The molecular weight excluding hydrogens is 376 g/mol. The van der Waals surface area contributed by atoms with Gasteiger partial charge in [0.25, 0.3) is 0 Å². The van der Waals surface area contributed by atoms with Gasteiger partial charge < -0.3 is 15.5 Å². The second-order valence-electron chi connectivity index (χ2n) is 8.04. The summed E-state index contributed by atoms with van der Waals surface area (Å²) in [5, 5.41) is 6.59. The summed E-state index contributed by atoms with van der Waals surface area (Å²) in [6.45, 7) is 8.40. The highest BCUT2D eigenvalue weighted by Gasteiger charge is 2.35. The number of thioether (sulfide) groups is 1. The fourth-order valence-electron chi connectivity index (χ4n) is 3.31. The van der Waals surface area contributed by atoms with Crippen LogP contribution in [0.1, 0.15) is 59.8 Å². The molecule has 1 heterocycles. The van der Waals surface area contributed by atoms with Gasteiger partial charge >= 0.3 is 0 Å². The van der Waals surface area contributed by atoms with Gasteiger partial charge in [-0.3, -0.25) is 19.3 Å². The number of amides is 3. The summed E-state index contributed by atoms with van der Waals surface area (Å²) in [5.74, 6) is 0.667. The van der Waals surface area contributed by atoms with Crippen molar-refractivity contribution in [1.29, 1.82) is 0 Å². The van der Waals surface area contributed by atoms with Crippen LogP contribution in [0.2, 0.25) is 0 Å². The van der Waals surface area contributed by atoms with Crippen molar-refractivity contribution in [2.24, 2.45) is 5.92 Å². The largest absolute Gasteiger partial charge is 0.355 e. The predicted octanol–water partition coefficient (Wildman–Crippen LogP) is 2.02. The molecule has 0 aromatic carbocycles. The van der Waals surface area contributed by atoms with Crippen molar-refractivity contribution in [2.45, 2.75) is 76.5 Å². The van der Waals surface area contributed by atoms with E-state index in [1.807, 2.05) is 42.6 Å².